The van der Waals surface area contributed by atoms with E-state index in [2.05, 4.69) is 55.3 Å². The molecule has 2 aromatic rings. The monoisotopic (exact) mass is 281 g/mol. The summed E-state index contributed by atoms with van der Waals surface area (Å²) in [6, 6.07) is 9.95. The van der Waals surface area contributed by atoms with Gasteiger partial charge in [0.15, 0.2) is 0 Å². The average molecular weight is 280 g/mol. The molecule has 0 aliphatic carbocycles. The number of hydrogen-bond acceptors (Lipinski definition) is 1. The molecule has 0 unspecified atom stereocenters. The second-order valence-electron chi connectivity index (χ2n) is 4.68. The van der Waals surface area contributed by atoms with Crippen molar-refractivity contribution in [3.05, 3.63) is 34.8 Å². The molecule has 2 rings (SSSR count). The van der Waals surface area contributed by atoms with E-state index in [9.17, 15) is 0 Å². The Hall–Kier alpha value is -0.561. The van der Waals surface area contributed by atoms with Gasteiger partial charge in [-0.1, -0.05) is 0 Å². The molecule has 1 N–H and O–H groups in total. The Morgan fingerprint density at radius 3 is 2.69 bits per heavy atom. The first-order chi connectivity index (χ1) is 7.66. The van der Waals surface area contributed by atoms with Crippen LogP contribution in [-0.2, 0) is 6.42 Å². The summed E-state index contributed by atoms with van der Waals surface area (Å²) in [5.41, 5.74) is 1.54. The normalized spacial score (nSPS) is 13.5. The summed E-state index contributed by atoms with van der Waals surface area (Å²) >= 11 is 0.559. The van der Waals surface area contributed by atoms with Gasteiger partial charge < -0.3 is 0 Å². The summed E-state index contributed by atoms with van der Waals surface area (Å²) in [7, 11) is 0. The van der Waals surface area contributed by atoms with Gasteiger partial charge in [0.1, 0.15) is 0 Å². The Bertz CT molecular complexity index is 458. The van der Waals surface area contributed by atoms with Crippen molar-refractivity contribution in [2.75, 3.05) is 0 Å². The summed E-state index contributed by atoms with van der Waals surface area (Å²) < 4.78 is 1.54. The quantitative estimate of drug-likeness (QED) is 0.849. The molecular formula is C14H19NSe. The molecule has 2 heteroatoms. The van der Waals surface area contributed by atoms with Crippen LogP contribution >= 0.6 is 0 Å². The van der Waals surface area contributed by atoms with Gasteiger partial charge in [-0.3, -0.25) is 0 Å². The zero-order chi connectivity index (χ0) is 11.5. The molecule has 1 nitrogen and oxygen atoms in total. The number of benzene rings is 1. The van der Waals surface area contributed by atoms with Crippen LogP contribution in [0, 0.1) is 0 Å². The van der Waals surface area contributed by atoms with Gasteiger partial charge >= 0.3 is 104 Å². The SMILES string of the molecule is CC(C)N[C@H](C)Cc1c[se]c2ccccc12. The fourth-order valence-corrected chi connectivity index (χ4v) is 4.20. The summed E-state index contributed by atoms with van der Waals surface area (Å²) in [6.07, 6.45) is 1.15. The molecule has 1 aromatic carbocycles. The molecule has 1 atom stereocenters. The molecule has 0 radical (unpaired) electrons. The number of fused-ring (bicyclic) bond motifs is 1. The van der Waals surface area contributed by atoms with E-state index in [1.807, 2.05) is 0 Å². The van der Waals surface area contributed by atoms with E-state index in [1.54, 1.807) is 4.26 Å². The van der Waals surface area contributed by atoms with Crippen LogP contribution in [0.2, 0.25) is 0 Å². The Labute approximate surface area is 104 Å². The van der Waals surface area contributed by atoms with E-state index in [4.69, 9.17) is 0 Å². The molecule has 0 spiro atoms. The fraction of sp³-hybridized carbons (Fsp3) is 0.429. The van der Waals surface area contributed by atoms with E-state index in [0.717, 1.165) is 6.42 Å². The van der Waals surface area contributed by atoms with Crippen molar-refractivity contribution in [1.82, 2.24) is 5.32 Å². The molecule has 0 aliphatic heterocycles. The number of hydrogen-bond donors (Lipinski definition) is 1. The van der Waals surface area contributed by atoms with E-state index in [1.165, 1.54) is 10.9 Å². The molecule has 1 heterocycles. The van der Waals surface area contributed by atoms with E-state index in [0.29, 0.717) is 26.6 Å². The van der Waals surface area contributed by atoms with Gasteiger partial charge in [0.05, 0.1) is 0 Å². The van der Waals surface area contributed by atoms with E-state index < -0.39 is 0 Å². The van der Waals surface area contributed by atoms with Crippen LogP contribution in [0.15, 0.2) is 29.2 Å². The first-order valence-corrected chi connectivity index (χ1v) is 7.72. The second-order valence-corrected chi connectivity index (χ2v) is 6.60. The van der Waals surface area contributed by atoms with E-state index in [-0.39, 0.29) is 0 Å². The summed E-state index contributed by atoms with van der Waals surface area (Å²) in [5, 5.41) is 5.05. The van der Waals surface area contributed by atoms with Gasteiger partial charge in [0, 0.05) is 0 Å². The van der Waals surface area contributed by atoms with Gasteiger partial charge in [-0.2, -0.15) is 0 Å². The number of nitrogens with one attached hydrogen (secondary N) is 1. The summed E-state index contributed by atoms with van der Waals surface area (Å²) in [6.45, 7) is 6.68. The molecule has 0 aliphatic rings. The predicted molar refractivity (Wildman–Crippen MR) is 72.3 cm³/mol. The Balaban J connectivity index is 2.15. The Morgan fingerprint density at radius 2 is 1.94 bits per heavy atom. The predicted octanol–water partition coefficient (Wildman–Crippen LogP) is 2.83. The minimum atomic E-state index is 0.559. The van der Waals surface area contributed by atoms with Crippen molar-refractivity contribution < 1.29 is 0 Å². The van der Waals surface area contributed by atoms with Crippen molar-refractivity contribution in [2.24, 2.45) is 0 Å². The molecule has 86 valence electrons. The van der Waals surface area contributed by atoms with Crippen LogP contribution in [-0.4, -0.2) is 26.6 Å². The van der Waals surface area contributed by atoms with Crippen molar-refractivity contribution in [2.45, 2.75) is 39.3 Å². The third-order valence-corrected chi connectivity index (χ3v) is 4.83. The standard InChI is InChI=1S/C14H19NSe/c1-10(2)15-11(3)8-12-9-16-14-7-5-4-6-13(12)14/h4-7,9-11,15H,8H2,1-3H3/t11-/m1/s1. The van der Waals surface area contributed by atoms with Gasteiger partial charge in [-0.15, -0.1) is 0 Å². The topological polar surface area (TPSA) is 12.0 Å². The van der Waals surface area contributed by atoms with Crippen molar-refractivity contribution in [3.8, 4) is 0 Å². The molecule has 0 saturated heterocycles. The molecule has 0 saturated carbocycles. The van der Waals surface area contributed by atoms with Gasteiger partial charge in [0.2, 0.25) is 0 Å². The molecular weight excluding hydrogens is 261 g/mol. The first kappa shape index (κ1) is 11.9. The van der Waals surface area contributed by atoms with Crippen LogP contribution in [0.1, 0.15) is 26.3 Å². The van der Waals surface area contributed by atoms with Gasteiger partial charge in [0.25, 0.3) is 0 Å². The zero-order valence-corrected chi connectivity index (χ0v) is 11.9. The van der Waals surface area contributed by atoms with Crippen molar-refractivity contribution in [1.29, 1.82) is 0 Å². The first-order valence-electron chi connectivity index (χ1n) is 5.88. The molecule has 0 fully saturated rings. The van der Waals surface area contributed by atoms with Crippen LogP contribution in [0.25, 0.3) is 9.65 Å². The third-order valence-electron chi connectivity index (χ3n) is 2.71. The molecule has 1 aromatic heterocycles. The molecule has 0 bridgehead atoms. The summed E-state index contributed by atoms with van der Waals surface area (Å²) in [4.78, 5) is 2.44. The van der Waals surface area contributed by atoms with Crippen molar-refractivity contribution >= 4 is 24.1 Å². The van der Waals surface area contributed by atoms with Crippen LogP contribution < -0.4 is 5.32 Å². The second kappa shape index (κ2) is 5.18. The van der Waals surface area contributed by atoms with Crippen LogP contribution in [0.3, 0.4) is 0 Å². The maximum atomic E-state index is 3.57. The van der Waals surface area contributed by atoms with Gasteiger partial charge in [-0.05, 0) is 0 Å². The number of rotatable bonds is 4. The molecule has 16 heavy (non-hydrogen) atoms. The minimum absolute atomic E-state index is 0.559. The van der Waals surface area contributed by atoms with Crippen LogP contribution in [0.5, 0.6) is 0 Å². The maximum absolute atomic E-state index is 3.57. The van der Waals surface area contributed by atoms with Crippen LogP contribution in [0.4, 0.5) is 0 Å². The van der Waals surface area contributed by atoms with Gasteiger partial charge in [-0.25, -0.2) is 0 Å². The average Bonchev–Trinajstić information content (AvgIpc) is 2.61. The Kier molecular flexibility index (Phi) is 3.86. The fourth-order valence-electron chi connectivity index (χ4n) is 2.15. The third kappa shape index (κ3) is 2.76. The van der Waals surface area contributed by atoms with Crippen molar-refractivity contribution in [3.63, 3.8) is 0 Å². The zero-order valence-electron chi connectivity index (χ0n) is 10.2. The van der Waals surface area contributed by atoms with E-state index >= 15 is 0 Å². The Morgan fingerprint density at radius 1 is 1.19 bits per heavy atom. The molecule has 0 amide bonds. The summed E-state index contributed by atoms with van der Waals surface area (Å²) in [5.74, 6) is 0.